The molecule has 2 rings (SSSR count). The van der Waals surface area contributed by atoms with Crippen LogP contribution in [-0.2, 0) is 6.42 Å². The smallest absolute Gasteiger partial charge is 0.336 e. The molecule has 0 fully saturated rings. The molecule has 0 spiro atoms. The van der Waals surface area contributed by atoms with Gasteiger partial charge in [0.15, 0.2) is 0 Å². The fraction of sp³-hybridized carbons (Fsp3) is 0.0476. The van der Waals surface area contributed by atoms with Crippen LogP contribution < -0.4 is 0 Å². The summed E-state index contributed by atoms with van der Waals surface area (Å²) >= 11 is 0. The number of carbonyl (C=O) groups is 2. The molecule has 128 valence electrons. The van der Waals surface area contributed by atoms with Gasteiger partial charge in [0.25, 0.3) is 0 Å². The van der Waals surface area contributed by atoms with E-state index in [1.54, 1.807) is 6.07 Å². The van der Waals surface area contributed by atoms with Gasteiger partial charge < -0.3 is 10.2 Å². The maximum Gasteiger partial charge on any atom is 0.336 e. The average molecular weight is 336 g/mol. The van der Waals surface area contributed by atoms with Crippen LogP contribution in [0.15, 0.2) is 68.3 Å². The molecular weight excluding hydrogens is 316 g/mol. The molecule has 25 heavy (non-hydrogen) atoms. The molecule has 2 N–H and O–H groups in total. The van der Waals surface area contributed by atoms with Gasteiger partial charge in [0.2, 0.25) is 0 Å². The van der Waals surface area contributed by atoms with Crippen molar-refractivity contribution in [1.82, 2.24) is 0 Å². The fourth-order valence-electron chi connectivity index (χ4n) is 2.24. The lowest BCUT2D eigenvalue weighted by Gasteiger charge is -2.06. The van der Waals surface area contributed by atoms with Gasteiger partial charge in [-0.1, -0.05) is 67.8 Å². The van der Waals surface area contributed by atoms with Gasteiger partial charge in [-0.15, -0.1) is 6.58 Å². The molecule has 0 aromatic heterocycles. The van der Waals surface area contributed by atoms with Crippen LogP contribution in [0.3, 0.4) is 0 Å². The molecule has 0 bridgehead atoms. The van der Waals surface area contributed by atoms with Crippen molar-refractivity contribution in [3.05, 3.63) is 96.1 Å². The highest BCUT2D eigenvalue weighted by Crippen LogP contribution is 2.16. The zero-order valence-electron chi connectivity index (χ0n) is 13.8. The first-order valence-electron chi connectivity index (χ1n) is 7.49. The van der Waals surface area contributed by atoms with E-state index < -0.39 is 11.9 Å². The molecule has 0 aliphatic carbocycles. The van der Waals surface area contributed by atoms with Crippen molar-refractivity contribution in [2.24, 2.45) is 0 Å². The van der Waals surface area contributed by atoms with Crippen molar-refractivity contribution in [3.8, 4) is 0 Å². The Hall–Kier alpha value is -3.40. The van der Waals surface area contributed by atoms with Crippen molar-refractivity contribution in [1.29, 1.82) is 0 Å². The standard InChI is InChI=1S/C11H10O4.C10H10/c1-2-4-7-5-3-6-8(10(12)13)9(7)11(14)15;1-3-9-7-5-6-8-10(9)4-2/h2-3,5-6H,1,4H2,(H,12,13)(H,14,15);3-8H,1-2H2. The van der Waals surface area contributed by atoms with Crippen LogP contribution >= 0.6 is 0 Å². The van der Waals surface area contributed by atoms with E-state index >= 15 is 0 Å². The highest BCUT2D eigenvalue weighted by molar-refractivity contribution is 6.02. The maximum atomic E-state index is 10.9. The van der Waals surface area contributed by atoms with Gasteiger partial charge in [-0.2, -0.15) is 0 Å². The number of hydrogen-bond acceptors (Lipinski definition) is 2. The van der Waals surface area contributed by atoms with Crippen molar-refractivity contribution in [2.45, 2.75) is 6.42 Å². The second-order valence-electron chi connectivity index (χ2n) is 4.98. The number of carboxylic acids is 2. The topological polar surface area (TPSA) is 74.6 Å². The minimum Gasteiger partial charge on any atom is -0.478 e. The second-order valence-corrected chi connectivity index (χ2v) is 4.98. The molecule has 4 heteroatoms. The third-order valence-corrected chi connectivity index (χ3v) is 3.40. The van der Waals surface area contributed by atoms with E-state index in [0.717, 1.165) is 11.1 Å². The van der Waals surface area contributed by atoms with E-state index in [9.17, 15) is 9.59 Å². The largest absolute Gasteiger partial charge is 0.478 e. The Kier molecular flexibility index (Phi) is 7.60. The fourth-order valence-corrected chi connectivity index (χ4v) is 2.24. The van der Waals surface area contributed by atoms with Gasteiger partial charge >= 0.3 is 11.9 Å². The number of allylic oxidation sites excluding steroid dienone is 1. The highest BCUT2D eigenvalue weighted by atomic mass is 16.4. The monoisotopic (exact) mass is 336 g/mol. The Balaban J connectivity index is 0.000000271. The summed E-state index contributed by atoms with van der Waals surface area (Å²) in [7, 11) is 0. The summed E-state index contributed by atoms with van der Waals surface area (Å²) in [5, 5.41) is 17.7. The van der Waals surface area contributed by atoms with E-state index in [4.69, 9.17) is 10.2 Å². The Labute approximate surface area is 147 Å². The average Bonchev–Trinajstić information content (AvgIpc) is 2.62. The van der Waals surface area contributed by atoms with Gasteiger partial charge in [-0.05, 0) is 29.2 Å². The molecule has 0 radical (unpaired) electrons. The molecule has 0 saturated carbocycles. The number of hydrogen-bond donors (Lipinski definition) is 2. The number of rotatable bonds is 6. The van der Waals surface area contributed by atoms with Crippen LogP contribution in [0.4, 0.5) is 0 Å². The van der Waals surface area contributed by atoms with Crippen molar-refractivity contribution in [3.63, 3.8) is 0 Å². The molecule has 0 unspecified atom stereocenters. The Morgan fingerprint density at radius 3 is 1.80 bits per heavy atom. The van der Waals surface area contributed by atoms with E-state index in [0.29, 0.717) is 12.0 Å². The van der Waals surface area contributed by atoms with Crippen LogP contribution in [0.25, 0.3) is 12.2 Å². The minimum absolute atomic E-state index is 0.162. The van der Waals surface area contributed by atoms with Gasteiger partial charge in [0.1, 0.15) is 0 Å². The molecule has 0 atom stereocenters. The van der Waals surface area contributed by atoms with Crippen LogP contribution in [0.2, 0.25) is 0 Å². The van der Waals surface area contributed by atoms with E-state index in [-0.39, 0.29) is 11.1 Å². The molecule has 0 saturated heterocycles. The summed E-state index contributed by atoms with van der Waals surface area (Å²) in [5.41, 5.74) is 2.37. The normalized spacial score (nSPS) is 9.28. The second kappa shape index (κ2) is 9.67. The molecule has 2 aromatic carbocycles. The first-order valence-corrected chi connectivity index (χ1v) is 7.49. The summed E-state index contributed by atoms with van der Waals surface area (Å²) in [4.78, 5) is 21.7. The molecular formula is C21H20O4. The predicted octanol–water partition coefficient (Wildman–Crippen LogP) is 4.78. The summed E-state index contributed by atoms with van der Waals surface area (Å²) in [6, 6.07) is 12.4. The maximum absolute atomic E-state index is 10.9. The van der Waals surface area contributed by atoms with Crippen LogP contribution in [-0.4, -0.2) is 22.2 Å². The summed E-state index contributed by atoms with van der Waals surface area (Å²) in [6.45, 7) is 10.9. The van der Waals surface area contributed by atoms with Gasteiger partial charge in [0, 0.05) is 0 Å². The van der Waals surface area contributed by atoms with Crippen molar-refractivity contribution in [2.75, 3.05) is 0 Å². The zero-order valence-corrected chi connectivity index (χ0v) is 13.8. The third kappa shape index (κ3) is 5.32. The van der Waals surface area contributed by atoms with E-state index in [1.165, 1.54) is 18.2 Å². The van der Waals surface area contributed by atoms with Crippen molar-refractivity contribution < 1.29 is 19.8 Å². The predicted molar refractivity (Wildman–Crippen MR) is 101 cm³/mol. The molecule has 0 aliphatic heterocycles. The molecule has 0 aliphatic rings. The first-order chi connectivity index (χ1) is 12.0. The quantitative estimate of drug-likeness (QED) is 0.744. The first kappa shape index (κ1) is 19.6. The van der Waals surface area contributed by atoms with Crippen LogP contribution in [0.5, 0.6) is 0 Å². The SMILES string of the molecule is C=CCc1cccc(C(=O)O)c1C(=O)O.C=Cc1ccccc1C=C. The summed E-state index contributed by atoms with van der Waals surface area (Å²) < 4.78 is 0. The van der Waals surface area contributed by atoms with Crippen molar-refractivity contribution >= 4 is 24.1 Å². The number of benzene rings is 2. The van der Waals surface area contributed by atoms with Gasteiger partial charge in [-0.25, -0.2) is 9.59 Å². The molecule has 0 amide bonds. The van der Waals surface area contributed by atoms with E-state index in [1.807, 2.05) is 36.4 Å². The molecule has 4 nitrogen and oxygen atoms in total. The lowest BCUT2D eigenvalue weighted by molar-refractivity contribution is 0.0650. The highest BCUT2D eigenvalue weighted by Gasteiger charge is 2.18. The van der Waals surface area contributed by atoms with E-state index in [2.05, 4.69) is 19.7 Å². The van der Waals surface area contributed by atoms with Crippen LogP contribution in [0.1, 0.15) is 37.4 Å². The van der Waals surface area contributed by atoms with Gasteiger partial charge in [-0.3, -0.25) is 0 Å². The third-order valence-electron chi connectivity index (χ3n) is 3.40. The minimum atomic E-state index is -1.24. The summed E-state index contributed by atoms with van der Waals surface area (Å²) in [6.07, 6.45) is 5.53. The number of carboxylic acid groups (broad SMARTS) is 2. The lowest BCUT2D eigenvalue weighted by Crippen LogP contribution is -2.11. The van der Waals surface area contributed by atoms with Gasteiger partial charge in [0.05, 0.1) is 11.1 Å². The zero-order chi connectivity index (χ0) is 18.8. The Morgan fingerprint density at radius 1 is 0.840 bits per heavy atom. The van der Waals surface area contributed by atoms with Crippen LogP contribution in [0, 0.1) is 0 Å². The number of aromatic carboxylic acids is 2. The Bertz CT molecular complexity index is 776. The molecule has 2 aromatic rings. The molecule has 0 heterocycles. The summed E-state index contributed by atoms with van der Waals surface area (Å²) in [5.74, 6) is -2.47. The Morgan fingerprint density at radius 2 is 1.40 bits per heavy atom. The lowest BCUT2D eigenvalue weighted by atomic mass is 9.99.